The number of nitrogens with one attached hydrogen (secondary N) is 1. The maximum Gasteiger partial charge on any atom is 0.265 e. The van der Waals surface area contributed by atoms with Crippen molar-refractivity contribution in [3.05, 3.63) is 65.1 Å². The molecule has 0 aromatic heterocycles. The van der Waals surface area contributed by atoms with Crippen molar-refractivity contribution in [3.8, 4) is 0 Å². The molecule has 1 saturated heterocycles. The summed E-state index contributed by atoms with van der Waals surface area (Å²) in [5.74, 6) is -0.329. The molecule has 144 valence electrons. The lowest BCUT2D eigenvalue weighted by atomic mass is 10.2. The van der Waals surface area contributed by atoms with E-state index in [1.165, 1.54) is 11.8 Å². The minimum atomic E-state index is -0.176. The molecule has 1 fully saturated rings. The van der Waals surface area contributed by atoms with Gasteiger partial charge in [-0.3, -0.25) is 14.5 Å². The Morgan fingerprint density at radius 3 is 2.75 bits per heavy atom. The molecular weight excluding hydrogens is 372 g/mol. The van der Waals surface area contributed by atoms with Gasteiger partial charge in [0, 0.05) is 18.0 Å². The maximum atomic E-state index is 13.1. The number of fused-ring (bicyclic) bond motifs is 1. The fraction of sp³-hybridized carbons (Fsp3) is 0.273. The monoisotopic (exact) mass is 394 g/mol. The zero-order chi connectivity index (χ0) is 19.3. The van der Waals surface area contributed by atoms with Crippen molar-refractivity contribution in [1.82, 2.24) is 5.32 Å². The third-order valence-electron chi connectivity index (χ3n) is 4.78. The minimum Gasteiger partial charge on any atom is -0.376 e. The van der Waals surface area contributed by atoms with Gasteiger partial charge < -0.3 is 10.1 Å². The van der Waals surface area contributed by atoms with E-state index in [0.717, 1.165) is 35.6 Å². The van der Waals surface area contributed by atoms with Crippen LogP contribution in [0.2, 0.25) is 0 Å². The van der Waals surface area contributed by atoms with E-state index >= 15 is 0 Å². The normalized spacial score (nSPS) is 20.3. The van der Waals surface area contributed by atoms with E-state index in [4.69, 9.17) is 4.74 Å². The number of carbonyl (C=O) groups excluding carboxylic acids is 2. The van der Waals surface area contributed by atoms with Gasteiger partial charge in [-0.15, -0.1) is 0 Å². The molecule has 1 atom stereocenters. The molecule has 2 amide bonds. The van der Waals surface area contributed by atoms with Crippen molar-refractivity contribution in [1.29, 1.82) is 0 Å². The first-order valence-electron chi connectivity index (χ1n) is 9.44. The number of rotatable bonds is 5. The molecule has 0 aliphatic carbocycles. The SMILES string of the molecule is O=C(CN1C(=O)C(=Cc2ccccc2)Sc2ccccc21)NCC1CCCO1. The standard InChI is InChI=1S/C22H22N2O3S/c25-21(23-14-17-9-6-12-27-17)15-24-18-10-4-5-11-19(18)28-20(22(24)26)13-16-7-2-1-3-8-16/h1-5,7-8,10-11,13,17H,6,9,12,14-15H2,(H,23,25). The molecule has 2 aromatic rings. The third kappa shape index (κ3) is 4.29. The van der Waals surface area contributed by atoms with Gasteiger partial charge in [0.15, 0.2) is 0 Å². The van der Waals surface area contributed by atoms with E-state index in [1.807, 2.05) is 60.7 Å². The fourth-order valence-corrected chi connectivity index (χ4v) is 4.41. The average Bonchev–Trinajstić information content (AvgIpc) is 3.24. The van der Waals surface area contributed by atoms with Gasteiger partial charge in [-0.05, 0) is 36.6 Å². The highest BCUT2D eigenvalue weighted by Crippen LogP contribution is 2.41. The Bertz CT molecular complexity index is 892. The van der Waals surface area contributed by atoms with Gasteiger partial charge in [-0.1, -0.05) is 54.2 Å². The van der Waals surface area contributed by atoms with Gasteiger partial charge in [-0.2, -0.15) is 0 Å². The molecule has 6 heteroatoms. The number of hydrogen-bond acceptors (Lipinski definition) is 4. The van der Waals surface area contributed by atoms with Gasteiger partial charge in [0.2, 0.25) is 5.91 Å². The molecule has 2 heterocycles. The summed E-state index contributed by atoms with van der Waals surface area (Å²) in [7, 11) is 0. The highest BCUT2D eigenvalue weighted by molar-refractivity contribution is 8.04. The Balaban J connectivity index is 1.53. The number of amides is 2. The Morgan fingerprint density at radius 2 is 1.96 bits per heavy atom. The van der Waals surface area contributed by atoms with Crippen molar-refractivity contribution in [2.75, 3.05) is 24.6 Å². The summed E-state index contributed by atoms with van der Waals surface area (Å²) in [6.07, 6.45) is 3.95. The summed E-state index contributed by atoms with van der Waals surface area (Å²) in [5, 5.41) is 2.90. The summed E-state index contributed by atoms with van der Waals surface area (Å²) in [6, 6.07) is 17.4. The van der Waals surface area contributed by atoms with Gasteiger partial charge in [0.25, 0.3) is 5.91 Å². The zero-order valence-electron chi connectivity index (χ0n) is 15.5. The Hall–Kier alpha value is -2.57. The largest absolute Gasteiger partial charge is 0.376 e. The highest BCUT2D eigenvalue weighted by atomic mass is 32.2. The quantitative estimate of drug-likeness (QED) is 0.789. The van der Waals surface area contributed by atoms with Crippen LogP contribution in [-0.2, 0) is 14.3 Å². The summed E-state index contributed by atoms with van der Waals surface area (Å²) in [4.78, 5) is 28.8. The molecule has 0 saturated carbocycles. The van der Waals surface area contributed by atoms with Gasteiger partial charge in [0.05, 0.1) is 16.7 Å². The van der Waals surface area contributed by atoms with Crippen LogP contribution < -0.4 is 10.2 Å². The number of anilines is 1. The lowest BCUT2D eigenvalue weighted by molar-refractivity contribution is -0.122. The highest BCUT2D eigenvalue weighted by Gasteiger charge is 2.30. The molecule has 2 aliphatic rings. The van der Waals surface area contributed by atoms with Crippen LogP contribution in [0.15, 0.2) is 64.4 Å². The predicted octanol–water partition coefficient (Wildman–Crippen LogP) is 3.46. The molecule has 1 unspecified atom stereocenters. The predicted molar refractivity (Wildman–Crippen MR) is 111 cm³/mol. The van der Waals surface area contributed by atoms with E-state index in [0.29, 0.717) is 11.4 Å². The third-order valence-corrected chi connectivity index (χ3v) is 5.86. The van der Waals surface area contributed by atoms with Gasteiger partial charge in [-0.25, -0.2) is 0 Å². The van der Waals surface area contributed by atoms with Crippen LogP contribution in [-0.4, -0.2) is 37.6 Å². The second kappa shape index (κ2) is 8.63. The van der Waals surface area contributed by atoms with Crippen molar-refractivity contribution in [2.24, 2.45) is 0 Å². The first kappa shape index (κ1) is 18.8. The smallest absolute Gasteiger partial charge is 0.265 e. The lowest BCUT2D eigenvalue weighted by Gasteiger charge is -2.30. The second-order valence-corrected chi connectivity index (χ2v) is 7.90. The second-order valence-electron chi connectivity index (χ2n) is 6.82. The van der Waals surface area contributed by atoms with Crippen LogP contribution in [0.3, 0.4) is 0 Å². The van der Waals surface area contributed by atoms with E-state index in [-0.39, 0.29) is 24.5 Å². The van der Waals surface area contributed by atoms with Crippen LogP contribution in [0.1, 0.15) is 18.4 Å². The summed E-state index contributed by atoms with van der Waals surface area (Å²) >= 11 is 1.44. The number of para-hydroxylation sites is 1. The molecule has 2 aliphatic heterocycles. The lowest BCUT2D eigenvalue weighted by Crippen LogP contribution is -2.44. The van der Waals surface area contributed by atoms with Crippen LogP contribution in [0.4, 0.5) is 5.69 Å². The van der Waals surface area contributed by atoms with Crippen LogP contribution >= 0.6 is 11.8 Å². The first-order chi connectivity index (χ1) is 13.7. The van der Waals surface area contributed by atoms with Crippen molar-refractivity contribution < 1.29 is 14.3 Å². The number of ether oxygens (including phenoxy) is 1. The molecule has 0 spiro atoms. The number of nitrogens with zero attached hydrogens (tertiary/aromatic N) is 1. The number of thioether (sulfide) groups is 1. The Morgan fingerprint density at radius 1 is 1.18 bits per heavy atom. The fourth-order valence-electron chi connectivity index (χ4n) is 3.35. The Labute approximate surface area is 168 Å². The Kier molecular flexibility index (Phi) is 5.78. The van der Waals surface area contributed by atoms with Crippen LogP contribution in [0, 0.1) is 0 Å². The first-order valence-corrected chi connectivity index (χ1v) is 10.3. The topological polar surface area (TPSA) is 58.6 Å². The van der Waals surface area contributed by atoms with Crippen molar-refractivity contribution in [3.63, 3.8) is 0 Å². The van der Waals surface area contributed by atoms with Crippen molar-refractivity contribution >= 4 is 35.3 Å². The minimum absolute atomic E-state index is 0.00471. The number of hydrogen-bond donors (Lipinski definition) is 1. The van der Waals surface area contributed by atoms with E-state index in [9.17, 15) is 9.59 Å². The maximum absolute atomic E-state index is 13.1. The summed E-state index contributed by atoms with van der Waals surface area (Å²) in [6.45, 7) is 1.24. The van der Waals surface area contributed by atoms with Gasteiger partial charge >= 0.3 is 0 Å². The number of benzene rings is 2. The van der Waals surface area contributed by atoms with Crippen LogP contribution in [0.5, 0.6) is 0 Å². The van der Waals surface area contributed by atoms with Gasteiger partial charge in [0.1, 0.15) is 6.54 Å². The summed E-state index contributed by atoms with van der Waals surface area (Å²) < 4.78 is 5.55. The van der Waals surface area contributed by atoms with E-state index < -0.39 is 0 Å². The average molecular weight is 394 g/mol. The van der Waals surface area contributed by atoms with Crippen molar-refractivity contribution in [2.45, 2.75) is 23.8 Å². The molecule has 0 bridgehead atoms. The van der Waals surface area contributed by atoms with E-state index in [2.05, 4.69) is 5.32 Å². The van der Waals surface area contributed by atoms with E-state index in [1.54, 1.807) is 4.90 Å². The zero-order valence-corrected chi connectivity index (χ0v) is 16.3. The van der Waals surface area contributed by atoms with Crippen LogP contribution in [0.25, 0.3) is 6.08 Å². The molecule has 1 N–H and O–H groups in total. The molecule has 2 aromatic carbocycles. The number of carbonyl (C=O) groups is 2. The molecule has 28 heavy (non-hydrogen) atoms. The molecule has 4 rings (SSSR count). The summed E-state index contributed by atoms with van der Waals surface area (Å²) in [5.41, 5.74) is 1.73. The molecule has 5 nitrogen and oxygen atoms in total. The molecular formula is C22H22N2O3S. The molecule has 0 radical (unpaired) electrons.